The van der Waals surface area contributed by atoms with Gasteiger partial charge in [-0.15, -0.1) is 0 Å². The van der Waals surface area contributed by atoms with Crippen LogP contribution in [0.3, 0.4) is 0 Å². The molecule has 8 heteroatoms. The van der Waals surface area contributed by atoms with E-state index in [4.69, 9.17) is 4.74 Å². The van der Waals surface area contributed by atoms with Gasteiger partial charge >= 0.3 is 6.18 Å². The smallest absolute Gasteiger partial charge is 0.429 e. The minimum atomic E-state index is -4.58. The van der Waals surface area contributed by atoms with E-state index >= 15 is 0 Å². The summed E-state index contributed by atoms with van der Waals surface area (Å²) >= 11 is 0. The Kier molecular flexibility index (Phi) is 4.72. The Labute approximate surface area is 165 Å². The molecule has 5 nitrogen and oxygen atoms in total. The maximum atomic E-state index is 13.7. The van der Waals surface area contributed by atoms with Crippen molar-refractivity contribution in [1.82, 2.24) is 15.1 Å². The fourth-order valence-corrected chi connectivity index (χ4v) is 3.72. The van der Waals surface area contributed by atoms with Crippen LogP contribution in [0.4, 0.5) is 13.2 Å². The number of amides is 1. The Morgan fingerprint density at radius 2 is 2.00 bits per heavy atom. The summed E-state index contributed by atoms with van der Waals surface area (Å²) in [4.78, 5) is 12.0. The molecule has 152 valence electrons. The third-order valence-corrected chi connectivity index (χ3v) is 5.30. The lowest BCUT2D eigenvalue weighted by Gasteiger charge is -2.23. The average Bonchev–Trinajstić information content (AvgIpc) is 3.42. The summed E-state index contributed by atoms with van der Waals surface area (Å²) in [6.45, 7) is 0. The van der Waals surface area contributed by atoms with Crippen LogP contribution in [-0.2, 0) is 11.8 Å². The van der Waals surface area contributed by atoms with Crippen LogP contribution in [0.5, 0.6) is 5.75 Å². The van der Waals surface area contributed by atoms with E-state index in [1.807, 2.05) is 0 Å². The fraction of sp³-hybridized carbons (Fsp3) is 0.333. The highest BCUT2D eigenvalue weighted by Gasteiger charge is 2.46. The number of aromatic nitrogens is 2. The van der Waals surface area contributed by atoms with E-state index in [1.165, 1.54) is 12.1 Å². The molecule has 0 bridgehead atoms. The number of ether oxygens (including phenoxy) is 1. The number of carbonyl (C=O) groups is 1. The molecule has 0 saturated heterocycles. The molecule has 4 rings (SSSR count). The molecule has 29 heavy (non-hydrogen) atoms. The second-order valence-electron chi connectivity index (χ2n) is 7.23. The molecular weight excluding hydrogens is 383 g/mol. The van der Waals surface area contributed by atoms with Crippen molar-refractivity contribution in [2.45, 2.75) is 24.6 Å². The van der Waals surface area contributed by atoms with Gasteiger partial charge in [0, 0.05) is 37.0 Å². The van der Waals surface area contributed by atoms with Crippen LogP contribution >= 0.6 is 0 Å². The van der Waals surface area contributed by atoms with Crippen molar-refractivity contribution in [3.05, 3.63) is 59.8 Å². The zero-order valence-electron chi connectivity index (χ0n) is 15.9. The first-order chi connectivity index (χ1) is 13.8. The van der Waals surface area contributed by atoms with Crippen molar-refractivity contribution in [2.24, 2.45) is 13.0 Å². The van der Waals surface area contributed by atoms with Gasteiger partial charge in [-0.3, -0.25) is 9.48 Å². The first kappa shape index (κ1) is 19.3. The number of alkyl halides is 3. The number of nitrogens with zero attached hydrogens (tertiary/aromatic N) is 2. The minimum Gasteiger partial charge on any atom is -0.476 e. The van der Waals surface area contributed by atoms with E-state index in [-0.39, 0.29) is 29.1 Å². The molecule has 1 saturated carbocycles. The van der Waals surface area contributed by atoms with E-state index in [2.05, 4.69) is 10.4 Å². The van der Waals surface area contributed by atoms with Crippen molar-refractivity contribution >= 4 is 16.8 Å². The molecule has 1 fully saturated rings. The van der Waals surface area contributed by atoms with Gasteiger partial charge in [0.25, 0.3) is 0 Å². The van der Waals surface area contributed by atoms with E-state index in [1.54, 1.807) is 55.3 Å². The number of hydrogen-bond acceptors (Lipinski definition) is 3. The first-order valence-corrected chi connectivity index (χ1v) is 9.25. The molecule has 1 heterocycles. The van der Waals surface area contributed by atoms with E-state index < -0.39 is 12.3 Å². The van der Waals surface area contributed by atoms with Crippen molar-refractivity contribution < 1.29 is 22.7 Å². The van der Waals surface area contributed by atoms with Gasteiger partial charge in [-0.05, 0) is 24.0 Å². The summed E-state index contributed by atoms with van der Waals surface area (Å²) < 4.78 is 48.2. The largest absolute Gasteiger partial charge is 0.476 e. The number of rotatable bonds is 5. The van der Waals surface area contributed by atoms with E-state index in [0.717, 1.165) is 10.9 Å². The van der Waals surface area contributed by atoms with Crippen LogP contribution in [-0.4, -0.2) is 28.9 Å². The Balaban J connectivity index is 1.74. The third kappa shape index (κ3) is 3.66. The summed E-state index contributed by atoms with van der Waals surface area (Å²) in [5, 5.41) is 7.67. The average molecular weight is 403 g/mol. The molecule has 3 atom stereocenters. The molecule has 2 aromatic carbocycles. The highest BCUT2D eigenvalue weighted by molar-refractivity contribution is 5.88. The molecule has 0 radical (unpaired) electrons. The molecule has 1 amide bonds. The summed E-state index contributed by atoms with van der Waals surface area (Å²) in [5.41, 5.74) is 1.48. The van der Waals surface area contributed by atoms with Crippen molar-refractivity contribution in [1.29, 1.82) is 0 Å². The topological polar surface area (TPSA) is 56.1 Å². The molecule has 1 unspecified atom stereocenters. The Morgan fingerprint density at radius 1 is 1.28 bits per heavy atom. The lowest BCUT2D eigenvalue weighted by Crippen LogP contribution is -2.26. The molecule has 0 aliphatic heterocycles. The minimum absolute atomic E-state index is 0.0290. The fourth-order valence-electron chi connectivity index (χ4n) is 3.72. The highest BCUT2D eigenvalue weighted by atomic mass is 19.4. The van der Waals surface area contributed by atoms with Gasteiger partial charge in [-0.25, -0.2) is 0 Å². The second-order valence-corrected chi connectivity index (χ2v) is 7.23. The molecular formula is C21H20F3N3O2. The molecule has 1 aliphatic carbocycles. The number of aryl methyl sites for hydroxylation is 1. The Bertz CT molecular complexity index is 1050. The van der Waals surface area contributed by atoms with Crippen LogP contribution < -0.4 is 10.1 Å². The number of benzene rings is 2. The quantitative estimate of drug-likeness (QED) is 0.698. The van der Waals surface area contributed by atoms with Gasteiger partial charge in [-0.2, -0.15) is 18.3 Å². The van der Waals surface area contributed by atoms with E-state index in [9.17, 15) is 18.0 Å². The van der Waals surface area contributed by atoms with Gasteiger partial charge in [-0.1, -0.05) is 30.3 Å². The zero-order chi connectivity index (χ0) is 20.8. The standard InChI is InChI=1S/C21H20F3N3O2/c1-25-20(28)16-10-15(16)14-8-13(9-18-17(14)11-26-27(18)2)29-19(21(22,23)24)12-6-4-3-5-7-12/h3-9,11,15-16,19H,10H2,1-2H3,(H,25,28)/t15-,16+,19?/m0/s1. The third-order valence-electron chi connectivity index (χ3n) is 5.30. The van der Waals surface area contributed by atoms with Crippen molar-refractivity contribution in [3.63, 3.8) is 0 Å². The summed E-state index contributed by atoms with van der Waals surface area (Å²) in [5.74, 6) is -0.224. The van der Waals surface area contributed by atoms with Gasteiger partial charge in [0.15, 0.2) is 0 Å². The van der Waals surface area contributed by atoms with Gasteiger partial charge in [0.05, 0.1) is 11.7 Å². The lowest BCUT2D eigenvalue weighted by molar-refractivity contribution is -0.198. The van der Waals surface area contributed by atoms with Gasteiger partial charge in [0.2, 0.25) is 12.0 Å². The summed E-state index contributed by atoms with van der Waals surface area (Å²) in [6, 6.07) is 10.7. The molecule has 1 N–H and O–H groups in total. The van der Waals surface area contributed by atoms with Crippen molar-refractivity contribution in [2.75, 3.05) is 7.05 Å². The van der Waals surface area contributed by atoms with Crippen LogP contribution in [0.25, 0.3) is 10.9 Å². The van der Waals surface area contributed by atoms with E-state index in [0.29, 0.717) is 11.9 Å². The van der Waals surface area contributed by atoms with Gasteiger partial charge in [0.1, 0.15) is 5.75 Å². The number of hydrogen-bond donors (Lipinski definition) is 1. The number of halogens is 3. The summed E-state index contributed by atoms with van der Waals surface area (Å²) in [6.07, 6.45) is -4.34. The Morgan fingerprint density at radius 3 is 2.66 bits per heavy atom. The number of carbonyl (C=O) groups excluding carboxylic acids is 1. The first-order valence-electron chi connectivity index (χ1n) is 9.25. The van der Waals surface area contributed by atoms with Crippen molar-refractivity contribution in [3.8, 4) is 5.75 Å². The molecule has 0 spiro atoms. The zero-order valence-corrected chi connectivity index (χ0v) is 15.9. The molecule has 3 aromatic rings. The maximum Gasteiger partial charge on any atom is 0.429 e. The second kappa shape index (κ2) is 7.09. The molecule has 1 aromatic heterocycles. The predicted molar refractivity (Wildman–Crippen MR) is 101 cm³/mol. The van der Waals surface area contributed by atoms with Gasteiger partial charge < -0.3 is 10.1 Å². The number of nitrogens with one attached hydrogen (secondary N) is 1. The van der Waals surface area contributed by atoms with Crippen LogP contribution in [0, 0.1) is 5.92 Å². The normalized spacial score (nSPS) is 19.8. The van der Waals surface area contributed by atoms with Crippen LogP contribution in [0.2, 0.25) is 0 Å². The monoisotopic (exact) mass is 403 g/mol. The number of fused-ring (bicyclic) bond motifs is 1. The summed E-state index contributed by atoms with van der Waals surface area (Å²) in [7, 11) is 3.29. The lowest BCUT2D eigenvalue weighted by atomic mass is 10.0. The predicted octanol–water partition coefficient (Wildman–Crippen LogP) is 4.11. The maximum absolute atomic E-state index is 13.7. The SMILES string of the molecule is CNC(=O)[C@@H]1C[C@H]1c1cc(OC(c2ccccc2)C(F)(F)F)cc2c1cnn2C. The molecule has 1 aliphatic rings. The van der Waals surface area contributed by atoms with Crippen LogP contribution in [0.15, 0.2) is 48.7 Å². The highest BCUT2D eigenvalue weighted by Crippen LogP contribution is 2.51. The van der Waals surface area contributed by atoms with Crippen LogP contribution in [0.1, 0.15) is 29.6 Å². The Hall–Kier alpha value is -3.03.